The van der Waals surface area contributed by atoms with E-state index in [1.54, 1.807) is 91.0 Å². The number of esters is 3. The Balaban J connectivity index is 1.42. The van der Waals surface area contributed by atoms with Crippen LogP contribution in [0.3, 0.4) is 0 Å². The van der Waals surface area contributed by atoms with Crippen LogP contribution in [0.2, 0.25) is 0 Å². The van der Waals surface area contributed by atoms with Crippen LogP contribution in [0.4, 0.5) is 0 Å². The quantitative estimate of drug-likeness (QED) is 0.343. The molecule has 9 nitrogen and oxygen atoms in total. The number of ether oxygens (including phenoxy) is 6. The van der Waals surface area contributed by atoms with Gasteiger partial charge in [-0.2, -0.15) is 0 Å². The van der Waals surface area contributed by atoms with Crippen LogP contribution in [0.15, 0.2) is 91.0 Å². The highest BCUT2D eigenvalue weighted by Gasteiger charge is 2.53. The van der Waals surface area contributed by atoms with Crippen molar-refractivity contribution in [1.29, 1.82) is 0 Å². The van der Waals surface area contributed by atoms with Gasteiger partial charge in [0.25, 0.3) is 0 Å². The van der Waals surface area contributed by atoms with Crippen LogP contribution in [0.5, 0.6) is 0 Å². The summed E-state index contributed by atoms with van der Waals surface area (Å²) in [6.45, 7) is 0.203. The zero-order chi connectivity index (χ0) is 26.3. The fourth-order valence-corrected chi connectivity index (χ4v) is 4.29. The Kier molecular flexibility index (Phi) is 8.08. The molecule has 9 heteroatoms. The fraction of sp³-hybridized carbons (Fsp3) is 0.276. The second kappa shape index (κ2) is 12.0. The third kappa shape index (κ3) is 5.91. The van der Waals surface area contributed by atoms with Gasteiger partial charge in [0.15, 0.2) is 18.5 Å². The van der Waals surface area contributed by atoms with Gasteiger partial charge >= 0.3 is 17.9 Å². The second-order valence-electron chi connectivity index (χ2n) is 8.69. The number of carbonyl (C=O) groups excluding carboxylic acids is 3. The monoisotopic (exact) mass is 518 g/mol. The van der Waals surface area contributed by atoms with E-state index in [9.17, 15) is 14.4 Å². The summed E-state index contributed by atoms with van der Waals surface area (Å²) in [7, 11) is 0. The van der Waals surface area contributed by atoms with E-state index in [0.29, 0.717) is 16.7 Å². The van der Waals surface area contributed by atoms with Crippen molar-refractivity contribution in [3.8, 4) is 0 Å². The number of benzene rings is 3. The van der Waals surface area contributed by atoms with E-state index >= 15 is 0 Å². The van der Waals surface area contributed by atoms with Crippen molar-refractivity contribution < 1.29 is 42.8 Å². The van der Waals surface area contributed by atoms with E-state index in [4.69, 9.17) is 28.4 Å². The molecule has 196 valence electrons. The van der Waals surface area contributed by atoms with Crippen LogP contribution in [0, 0.1) is 0 Å². The van der Waals surface area contributed by atoms with Gasteiger partial charge in [-0.3, -0.25) is 0 Å². The maximum Gasteiger partial charge on any atom is 0.338 e. The molecule has 5 rings (SSSR count). The Morgan fingerprint density at radius 2 is 1.11 bits per heavy atom. The van der Waals surface area contributed by atoms with Crippen molar-refractivity contribution in [2.24, 2.45) is 0 Å². The lowest BCUT2D eigenvalue weighted by atomic mass is 9.97. The molecule has 0 aliphatic carbocycles. The van der Waals surface area contributed by atoms with Crippen LogP contribution in [0.1, 0.15) is 31.1 Å². The summed E-state index contributed by atoms with van der Waals surface area (Å²) in [5.41, 5.74) is 0.958. The van der Waals surface area contributed by atoms with Crippen molar-refractivity contribution in [2.45, 2.75) is 30.7 Å². The Morgan fingerprint density at radius 3 is 1.66 bits per heavy atom. The van der Waals surface area contributed by atoms with Crippen molar-refractivity contribution in [1.82, 2.24) is 0 Å². The van der Waals surface area contributed by atoms with Gasteiger partial charge in [-0.25, -0.2) is 14.4 Å². The molecule has 0 saturated carbocycles. The van der Waals surface area contributed by atoms with Crippen molar-refractivity contribution in [3.05, 3.63) is 108 Å². The topological polar surface area (TPSA) is 107 Å². The lowest BCUT2D eigenvalue weighted by Crippen LogP contribution is -2.64. The standard InChI is InChI=1S/C29H26O9/c30-26(19-10-4-1-5-11-19)35-18-22-23(37-27(31)20-12-6-2-7-13-20)24(25-29(36-22)34-17-16-33-25)38-28(32)21-14-8-3-9-15-21/h1-15,22-25,29H,16-18H2/t22-,23-,24+,25-,29-/m1/s1. The summed E-state index contributed by atoms with van der Waals surface area (Å²) >= 11 is 0. The smallest absolute Gasteiger partial charge is 0.338 e. The first-order valence-electron chi connectivity index (χ1n) is 12.2. The Labute approximate surface area is 219 Å². The molecule has 0 radical (unpaired) electrons. The molecular weight excluding hydrogens is 492 g/mol. The first kappa shape index (κ1) is 25.6. The summed E-state index contributed by atoms with van der Waals surface area (Å²) < 4.78 is 34.9. The Morgan fingerprint density at radius 1 is 0.632 bits per heavy atom. The maximum absolute atomic E-state index is 13.1. The molecule has 2 saturated heterocycles. The zero-order valence-electron chi connectivity index (χ0n) is 20.3. The number of carbonyl (C=O) groups is 3. The first-order chi connectivity index (χ1) is 18.6. The normalized spacial score (nSPS) is 24.5. The van der Waals surface area contributed by atoms with Crippen molar-refractivity contribution in [3.63, 3.8) is 0 Å². The second-order valence-corrected chi connectivity index (χ2v) is 8.69. The molecular formula is C29H26O9. The molecule has 0 N–H and O–H groups in total. The van der Waals surface area contributed by atoms with Crippen LogP contribution >= 0.6 is 0 Å². The van der Waals surface area contributed by atoms with E-state index in [1.165, 1.54) is 0 Å². The SMILES string of the molecule is O=C(OC[C@H]1O[C@H]2OCCO[C@@H]2[C@@H](OC(=O)c2ccccc2)[C@@H]1OC(=O)c1ccccc1)c1ccccc1. The van der Waals surface area contributed by atoms with Gasteiger partial charge in [0.1, 0.15) is 18.8 Å². The molecule has 0 amide bonds. The van der Waals surface area contributed by atoms with Gasteiger partial charge in [-0.15, -0.1) is 0 Å². The van der Waals surface area contributed by atoms with Crippen molar-refractivity contribution in [2.75, 3.05) is 19.8 Å². The van der Waals surface area contributed by atoms with Crippen LogP contribution < -0.4 is 0 Å². The molecule has 0 bridgehead atoms. The molecule has 2 aliphatic rings. The minimum Gasteiger partial charge on any atom is -0.459 e. The Hall–Kier alpha value is -4.05. The molecule has 0 unspecified atom stereocenters. The van der Waals surface area contributed by atoms with E-state index in [2.05, 4.69) is 0 Å². The summed E-state index contributed by atoms with van der Waals surface area (Å²) in [6.07, 6.45) is -5.07. The van der Waals surface area contributed by atoms with Gasteiger partial charge in [0.05, 0.1) is 29.9 Å². The Bertz CT molecular complexity index is 1230. The van der Waals surface area contributed by atoms with Gasteiger partial charge < -0.3 is 28.4 Å². The van der Waals surface area contributed by atoms with E-state index in [-0.39, 0.29) is 19.8 Å². The summed E-state index contributed by atoms with van der Waals surface area (Å²) in [5, 5.41) is 0. The highest BCUT2D eigenvalue weighted by Crippen LogP contribution is 2.32. The van der Waals surface area contributed by atoms with Crippen molar-refractivity contribution >= 4 is 17.9 Å². The lowest BCUT2D eigenvalue weighted by molar-refractivity contribution is -0.332. The largest absolute Gasteiger partial charge is 0.459 e. The molecule has 3 aromatic carbocycles. The molecule has 0 spiro atoms. The van der Waals surface area contributed by atoms with E-state index in [0.717, 1.165) is 0 Å². The lowest BCUT2D eigenvalue weighted by Gasteiger charge is -2.46. The minimum absolute atomic E-state index is 0.233. The zero-order valence-corrected chi connectivity index (χ0v) is 20.3. The van der Waals surface area contributed by atoms with Gasteiger partial charge in [-0.05, 0) is 36.4 Å². The maximum atomic E-state index is 13.1. The molecule has 3 aromatic rings. The molecule has 2 aliphatic heterocycles. The molecule has 2 heterocycles. The highest BCUT2D eigenvalue weighted by molar-refractivity contribution is 5.90. The number of hydrogen-bond acceptors (Lipinski definition) is 9. The molecule has 5 atom stereocenters. The summed E-state index contributed by atoms with van der Waals surface area (Å²) in [6, 6.07) is 25.3. The molecule has 0 aromatic heterocycles. The third-order valence-corrected chi connectivity index (χ3v) is 6.16. The minimum atomic E-state index is -1.16. The van der Waals surface area contributed by atoms with Gasteiger partial charge in [0, 0.05) is 0 Å². The highest BCUT2D eigenvalue weighted by atomic mass is 16.7. The van der Waals surface area contributed by atoms with Gasteiger partial charge in [-0.1, -0.05) is 54.6 Å². The number of fused-ring (bicyclic) bond motifs is 1. The fourth-order valence-electron chi connectivity index (χ4n) is 4.29. The molecule has 2 fully saturated rings. The average Bonchev–Trinajstić information content (AvgIpc) is 2.98. The molecule has 38 heavy (non-hydrogen) atoms. The number of hydrogen-bond donors (Lipinski definition) is 0. The average molecular weight is 519 g/mol. The van der Waals surface area contributed by atoms with Crippen LogP contribution in [-0.2, 0) is 28.4 Å². The van der Waals surface area contributed by atoms with Gasteiger partial charge in [0.2, 0.25) is 0 Å². The summed E-state index contributed by atoms with van der Waals surface area (Å²) in [5.74, 6) is -1.87. The summed E-state index contributed by atoms with van der Waals surface area (Å²) in [4.78, 5) is 38.8. The predicted octanol–water partition coefficient (Wildman–Crippen LogP) is 3.43. The van der Waals surface area contributed by atoms with Crippen LogP contribution in [0.25, 0.3) is 0 Å². The third-order valence-electron chi connectivity index (χ3n) is 6.16. The first-order valence-corrected chi connectivity index (χ1v) is 12.2. The van der Waals surface area contributed by atoms with E-state index < -0.39 is 48.6 Å². The number of rotatable bonds is 7. The van der Waals surface area contributed by atoms with E-state index in [1.807, 2.05) is 0 Å². The van der Waals surface area contributed by atoms with Crippen LogP contribution in [-0.4, -0.2) is 68.4 Å². The predicted molar refractivity (Wildman–Crippen MR) is 132 cm³/mol.